The summed E-state index contributed by atoms with van der Waals surface area (Å²) in [6.45, 7) is 3.44. The highest BCUT2D eigenvalue weighted by Crippen LogP contribution is 2.23. The van der Waals surface area contributed by atoms with Crippen molar-refractivity contribution in [2.24, 2.45) is 0 Å². The number of carbonyl (C=O) groups excluding carboxylic acids is 3. The summed E-state index contributed by atoms with van der Waals surface area (Å²) >= 11 is 1.53. The molecule has 1 atom stereocenters. The molecule has 0 spiro atoms. The molecule has 136 valence electrons. The van der Waals surface area contributed by atoms with Crippen LogP contribution in [0.1, 0.15) is 49.9 Å². The maximum atomic E-state index is 12.3. The average molecular weight is 364 g/mol. The summed E-state index contributed by atoms with van der Waals surface area (Å²) in [7, 11) is 0. The first kappa shape index (κ1) is 19.3. The molecule has 0 heterocycles. The molecule has 0 unspecified atom stereocenters. The lowest BCUT2D eigenvalue weighted by molar-refractivity contribution is -0.127. The summed E-state index contributed by atoms with van der Waals surface area (Å²) in [5.41, 5.74) is 0.421. The zero-order valence-electron chi connectivity index (χ0n) is 14.5. The van der Waals surface area contributed by atoms with Gasteiger partial charge in [0.2, 0.25) is 0 Å². The van der Waals surface area contributed by atoms with Crippen LogP contribution in [0.25, 0.3) is 0 Å². The second-order valence-corrected chi connectivity index (χ2v) is 7.23. The molecule has 1 saturated carbocycles. The molecular formula is C18H24N2O4S. The third-order valence-electron chi connectivity index (χ3n) is 3.99. The summed E-state index contributed by atoms with van der Waals surface area (Å²) in [5.74, 6) is -0.387. The maximum absolute atomic E-state index is 12.3. The lowest BCUT2D eigenvalue weighted by Gasteiger charge is -2.16. The summed E-state index contributed by atoms with van der Waals surface area (Å²) in [5, 5.41) is 4.99. The molecule has 2 N–H and O–H groups in total. The molecule has 7 heteroatoms. The summed E-state index contributed by atoms with van der Waals surface area (Å²) in [6, 6.07) is 6.67. The van der Waals surface area contributed by atoms with Gasteiger partial charge < -0.3 is 10.1 Å². The van der Waals surface area contributed by atoms with Crippen molar-refractivity contribution >= 4 is 29.7 Å². The molecular weight excluding hydrogens is 340 g/mol. The minimum atomic E-state index is -1.05. The number of hydrogen-bond acceptors (Lipinski definition) is 5. The number of urea groups is 1. The number of imide groups is 1. The lowest BCUT2D eigenvalue weighted by Crippen LogP contribution is -2.47. The zero-order chi connectivity index (χ0) is 18.2. The Labute approximate surface area is 152 Å². The van der Waals surface area contributed by atoms with E-state index in [9.17, 15) is 14.4 Å². The highest BCUT2D eigenvalue weighted by atomic mass is 32.2. The van der Waals surface area contributed by atoms with Crippen LogP contribution in [0, 0.1) is 0 Å². The minimum Gasteiger partial charge on any atom is -0.449 e. The van der Waals surface area contributed by atoms with E-state index in [-0.39, 0.29) is 6.04 Å². The van der Waals surface area contributed by atoms with Crippen molar-refractivity contribution in [1.29, 1.82) is 0 Å². The highest BCUT2D eigenvalue weighted by molar-refractivity contribution is 7.99. The van der Waals surface area contributed by atoms with Gasteiger partial charge >= 0.3 is 12.0 Å². The fourth-order valence-electron chi connectivity index (χ4n) is 2.70. The van der Waals surface area contributed by atoms with E-state index in [4.69, 9.17) is 4.74 Å². The van der Waals surface area contributed by atoms with Crippen molar-refractivity contribution in [3.63, 3.8) is 0 Å². The van der Waals surface area contributed by atoms with Crippen LogP contribution in [-0.2, 0) is 9.53 Å². The minimum absolute atomic E-state index is 0.114. The Morgan fingerprint density at radius 1 is 1.24 bits per heavy atom. The smallest absolute Gasteiger partial charge is 0.340 e. The average Bonchev–Trinajstić information content (AvgIpc) is 3.08. The monoisotopic (exact) mass is 364 g/mol. The quantitative estimate of drug-likeness (QED) is 0.598. The first-order chi connectivity index (χ1) is 12.0. The van der Waals surface area contributed by atoms with E-state index in [1.165, 1.54) is 18.7 Å². The third kappa shape index (κ3) is 5.77. The van der Waals surface area contributed by atoms with Gasteiger partial charge in [0.05, 0.1) is 5.56 Å². The van der Waals surface area contributed by atoms with Gasteiger partial charge in [0.15, 0.2) is 6.10 Å². The third-order valence-corrected chi connectivity index (χ3v) is 4.94. The number of nitrogens with one attached hydrogen (secondary N) is 2. The number of esters is 1. The highest BCUT2D eigenvalue weighted by Gasteiger charge is 2.24. The van der Waals surface area contributed by atoms with E-state index >= 15 is 0 Å². The number of thioether (sulfide) groups is 1. The summed E-state index contributed by atoms with van der Waals surface area (Å²) in [6.07, 6.45) is 2.97. The van der Waals surface area contributed by atoms with Gasteiger partial charge in [0.25, 0.3) is 5.91 Å². The van der Waals surface area contributed by atoms with Crippen molar-refractivity contribution in [3.05, 3.63) is 29.8 Å². The SMILES string of the molecule is CCSc1ccccc1C(=O)O[C@H](C)C(=O)NC(=O)NC1CCCC1. The van der Waals surface area contributed by atoms with E-state index < -0.39 is 24.0 Å². The predicted molar refractivity (Wildman–Crippen MR) is 96.6 cm³/mol. The second-order valence-electron chi connectivity index (χ2n) is 5.92. The van der Waals surface area contributed by atoms with Gasteiger partial charge in [0.1, 0.15) is 0 Å². The van der Waals surface area contributed by atoms with Gasteiger partial charge in [-0.05, 0) is 37.7 Å². The van der Waals surface area contributed by atoms with Crippen LogP contribution in [0.3, 0.4) is 0 Å². The molecule has 0 aliphatic heterocycles. The van der Waals surface area contributed by atoms with Crippen molar-refractivity contribution < 1.29 is 19.1 Å². The van der Waals surface area contributed by atoms with Gasteiger partial charge in [-0.15, -0.1) is 11.8 Å². The fourth-order valence-corrected chi connectivity index (χ4v) is 3.49. The van der Waals surface area contributed by atoms with E-state index in [1.807, 2.05) is 19.1 Å². The number of carbonyl (C=O) groups is 3. The van der Waals surface area contributed by atoms with Gasteiger partial charge in [-0.1, -0.05) is 31.9 Å². The largest absolute Gasteiger partial charge is 0.449 e. The van der Waals surface area contributed by atoms with Crippen LogP contribution in [0.2, 0.25) is 0 Å². The molecule has 1 aliphatic rings. The number of hydrogen-bond donors (Lipinski definition) is 2. The normalized spacial score (nSPS) is 15.4. The van der Waals surface area contributed by atoms with Gasteiger partial charge in [-0.2, -0.15) is 0 Å². The lowest BCUT2D eigenvalue weighted by atomic mass is 10.2. The Morgan fingerprint density at radius 2 is 1.92 bits per heavy atom. The van der Waals surface area contributed by atoms with E-state index in [2.05, 4.69) is 10.6 Å². The van der Waals surface area contributed by atoms with Crippen molar-refractivity contribution in [2.75, 3.05) is 5.75 Å². The zero-order valence-corrected chi connectivity index (χ0v) is 15.4. The number of ether oxygens (including phenoxy) is 1. The molecule has 0 radical (unpaired) electrons. The Bertz CT molecular complexity index is 629. The van der Waals surface area contributed by atoms with E-state index in [1.54, 1.807) is 12.1 Å². The van der Waals surface area contributed by atoms with Crippen LogP contribution >= 0.6 is 11.8 Å². The van der Waals surface area contributed by atoms with Crippen LogP contribution in [-0.4, -0.2) is 35.8 Å². The Morgan fingerprint density at radius 3 is 2.60 bits per heavy atom. The molecule has 1 aliphatic carbocycles. The van der Waals surface area contributed by atoms with Crippen LogP contribution in [0.15, 0.2) is 29.2 Å². The van der Waals surface area contributed by atoms with Gasteiger partial charge in [-0.3, -0.25) is 10.1 Å². The molecule has 25 heavy (non-hydrogen) atoms. The molecule has 0 bridgehead atoms. The second kappa shape index (κ2) is 9.46. The topological polar surface area (TPSA) is 84.5 Å². The summed E-state index contributed by atoms with van der Waals surface area (Å²) < 4.78 is 5.21. The van der Waals surface area contributed by atoms with Crippen molar-refractivity contribution in [2.45, 2.75) is 56.6 Å². The Hall–Kier alpha value is -2.02. The van der Waals surface area contributed by atoms with Crippen LogP contribution in [0.5, 0.6) is 0 Å². The Kier molecular flexibility index (Phi) is 7.31. The molecule has 0 aromatic heterocycles. The van der Waals surface area contributed by atoms with Crippen molar-refractivity contribution in [1.82, 2.24) is 10.6 Å². The molecule has 3 amide bonds. The molecule has 0 saturated heterocycles. The maximum Gasteiger partial charge on any atom is 0.340 e. The standard InChI is InChI=1S/C18H24N2O4S/c1-3-25-15-11-7-6-10-14(15)17(22)24-12(2)16(21)20-18(23)19-13-8-4-5-9-13/h6-7,10-13H,3-5,8-9H2,1-2H3,(H2,19,20,21,23)/t12-/m1/s1. The van der Waals surface area contributed by atoms with Crippen LogP contribution in [0.4, 0.5) is 4.79 Å². The first-order valence-corrected chi connectivity index (χ1v) is 9.54. The van der Waals surface area contributed by atoms with E-state index in [0.29, 0.717) is 5.56 Å². The van der Waals surface area contributed by atoms with Gasteiger partial charge in [0, 0.05) is 10.9 Å². The number of amides is 3. The molecule has 6 nitrogen and oxygen atoms in total. The molecule has 1 aromatic rings. The fraction of sp³-hybridized carbons (Fsp3) is 0.500. The molecule has 2 rings (SSSR count). The Balaban J connectivity index is 1.87. The van der Waals surface area contributed by atoms with Crippen molar-refractivity contribution in [3.8, 4) is 0 Å². The molecule has 1 fully saturated rings. The predicted octanol–water partition coefficient (Wildman–Crippen LogP) is 3.11. The first-order valence-electron chi connectivity index (χ1n) is 8.55. The van der Waals surface area contributed by atoms with E-state index in [0.717, 1.165) is 36.3 Å². The molecule has 1 aromatic carbocycles. The summed E-state index contributed by atoms with van der Waals surface area (Å²) in [4.78, 5) is 37.0. The van der Waals surface area contributed by atoms with Crippen LogP contribution < -0.4 is 10.6 Å². The number of benzene rings is 1. The number of rotatable bonds is 6. The van der Waals surface area contributed by atoms with Gasteiger partial charge in [-0.25, -0.2) is 9.59 Å².